The second-order valence-electron chi connectivity index (χ2n) is 7.89. The van der Waals surface area contributed by atoms with E-state index in [4.69, 9.17) is 14.2 Å². The first kappa shape index (κ1) is 22.8. The molecule has 2 unspecified atom stereocenters. The van der Waals surface area contributed by atoms with Crippen molar-refractivity contribution < 1.29 is 19.0 Å². The number of hydrogen-bond donors (Lipinski definition) is 1. The van der Waals surface area contributed by atoms with E-state index in [-0.39, 0.29) is 5.91 Å². The summed E-state index contributed by atoms with van der Waals surface area (Å²) in [6, 6.07) is 24.4. The number of fused-ring (bicyclic) bond motifs is 1. The van der Waals surface area contributed by atoms with Crippen molar-refractivity contribution in [3.05, 3.63) is 90.3 Å². The van der Waals surface area contributed by atoms with E-state index in [1.165, 1.54) is 11.8 Å². The van der Waals surface area contributed by atoms with Crippen LogP contribution in [0.1, 0.15) is 22.7 Å². The fourth-order valence-corrected chi connectivity index (χ4v) is 4.78. The molecule has 0 spiro atoms. The maximum absolute atomic E-state index is 13.4. The average molecular weight is 489 g/mol. The molecule has 1 amide bonds. The molecular formula is C26H24N4O4S. The van der Waals surface area contributed by atoms with Gasteiger partial charge in [0.2, 0.25) is 5.91 Å². The second-order valence-corrected chi connectivity index (χ2v) is 8.97. The monoisotopic (exact) mass is 488 g/mol. The summed E-state index contributed by atoms with van der Waals surface area (Å²) in [6.07, 6.45) is -0.405. The minimum atomic E-state index is -0.553. The van der Waals surface area contributed by atoms with E-state index in [2.05, 4.69) is 15.5 Å². The standard InChI is InChI=1S/C26H24N4O4S/c1-30-24(22-16-33-20-13-6-7-14-21(20)34-22)28-29-26(30)35-23(17-9-4-3-5-10-17)25(31)27-18-11-8-12-19(15-18)32-2/h3-15,22-23H,16H2,1-2H3,(H,27,31). The first-order valence-electron chi connectivity index (χ1n) is 11.1. The van der Waals surface area contributed by atoms with Crippen molar-refractivity contribution in [2.24, 2.45) is 7.05 Å². The molecule has 35 heavy (non-hydrogen) atoms. The molecule has 0 saturated heterocycles. The molecule has 0 saturated carbocycles. The maximum Gasteiger partial charge on any atom is 0.242 e. The average Bonchev–Trinajstić information content (AvgIpc) is 3.27. The fraction of sp³-hybridized carbons (Fsp3) is 0.192. The highest BCUT2D eigenvalue weighted by Gasteiger charge is 2.30. The Kier molecular flexibility index (Phi) is 6.58. The van der Waals surface area contributed by atoms with Gasteiger partial charge < -0.3 is 24.1 Å². The summed E-state index contributed by atoms with van der Waals surface area (Å²) in [5.74, 6) is 2.49. The van der Waals surface area contributed by atoms with Crippen molar-refractivity contribution in [1.29, 1.82) is 0 Å². The van der Waals surface area contributed by atoms with Gasteiger partial charge in [-0.15, -0.1) is 10.2 Å². The molecule has 5 rings (SSSR count). The molecule has 2 atom stereocenters. The number of para-hydroxylation sites is 2. The lowest BCUT2D eigenvalue weighted by molar-refractivity contribution is -0.115. The summed E-state index contributed by atoms with van der Waals surface area (Å²) >= 11 is 1.33. The number of aromatic nitrogens is 3. The summed E-state index contributed by atoms with van der Waals surface area (Å²) in [5, 5.41) is 11.8. The molecule has 0 fully saturated rings. The van der Waals surface area contributed by atoms with Gasteiger partial charge in [-0.25, -0.2) is 0 Å². The smallest absolute Gasteiger partial charge is 0.242 e. The summed E-state index contributed by atoms with van der Waals surface area (Å²) in [5.41, 5.74) is 1.51. The van der Waals surface area contributed by atoms with Crippen LogP contribution >= 0.6 is 11.8 Å². The van der Waals surface area contributed by atoms with Gasteiger partial charge in [0.05, 0.1) is 7.11 Å². The Morgan fingerprint density at radius 2 is 1.83 bits per heavy atom. The van der Waals surface area contributed by atoms with E-state index in [1.54, 1.807) is 13.2 Å². The number of carbonyl (C=O) groups is 1. The minimum Gasteiger partial charge on any atom is -0.497 e. The van der Waals surface area contributed by atoms with Gasteiger partial charge in [0, 0.05) is 18.8 Å². The van der Waals surface area contributed by atoms with Crippen LogP contribution in [0.25, 0.3) is 0 Å². The third-order valence-electron chi connectivity index (χ3n) is 5.57. The Bertz CT molecular complexity index is 1330. The number of hydrogen-bond acceptors (Lipinski definition) is 7. The van der Waals surface area contributed by atoms with Crippen LogP contribution in [0.5, 0.6) is 17.2 Å². The lowest BCUT2D eigenvalue weighted by atomic mass is 10.1. The van der Waals surface area contributed by atoms with Crippen molar-refractivity contribution >= 4 is 23.4 Å². The molecule has 1 N–H and O–H groups in total. The van der Waals surface area contributed by atoms with Crippen molar-refractivity contribution in [3.63, 3.8) is 0 Å². The number of rotatable bonds is 7. The van der Waals surface area contributed by atoms with Crippen LogP contribution in [0.2, 0.25) is 0 Å². The highest BCUT2D eigenvalue weighted by Crippen LogP contribution is 2.38. The van der Waals surface area contributed by atoms with Gasteiger partial charge in [-0.1, -0.05) is 60.3 Å². The summed E-state index contributed by atoms with van der Waals surface area (Å²) in [7, 11) is 3.46. The molecule has 4 aromatic rings. The zero-order valence-electron chi connectivity index (χ0n) is 19.3. The summed E-state index contributed by atoms with van der Waals surface area (Å²) in [4.78, 5) is 13.4. The van der Waals surface area contributed by atoms with Crippen molar-refractivity contribution in [3.8, 4) is 17.2 Å². The van der Waals surface area contributed by atoms with Crippen LogP contribution in [-0.2, 0) is 11.8 Å². The van der Waals surface area contributed by atoms with Crippen LogP contribution in [0, 0.1) is 0 Å². The van der Waals surface area contributed by atoms with Crippen molar-refractivity contribution in [2.75, 3.05) is 19.0 Å². The van der Waals surface area contributed by atoms with Crippen LogP contribution in [0.3, 0.4) is 0 Å². The Morgan fingerprint density at radius 1 is 1.06 bits per heavy atom. The van der Waals surface area contributed by atoms with Gasteiger partial charge in [-0.3, -0.25) is 4.79 Å². The molecule has 0 aliphatic carbocycles. The third kappa shape index (κ3) is 4.95. The molecule has 3 aromatic carbocycles. The Hall–Kier alpha value is -3.98. The summed E-state index contributed by atoms with van der Waals surface area (Å²) in [6.45, 7) is 0.325. The van der Waals surface area contributed by atoms with Gasteiger partial charge in [-0.05, 0) is 29.8 Å². The van der Waals surface area contributed by atoms with Gasteiger partial charge in [0.1, 0.15) is 17.6 Å². The largest absolute Gasteiger partial charge is 0.497 e. The zero-order valence-corrected chi connectivity index (χ0v) is 20.1. The number of benzene rings is 3. The van der Waals surface area contributed by atoms with Crippen LogP contribution in [-0.4, -0.2) is 34.4 Å². The number of anilines is 1. The van der Waals surface area contributed by atoms with E-state index in [1.807, 2.05) is 84.4 Å². The maximum atomic E-state index is 13.4. The number of methoxy groups -OCH3 is 1. The van der Waals surface area contributed by atoms with Crippen LogP contribution < -0.4 is 19.5 Å². The highest BCUT2D eigenvalue weighted by molar-refractivity contribution is 8.00. The molecular weight excluding hydrogens is 464 g/mol. The predicted molar refractivity (Wildman–Crippen MR) is 133 cm³/mol. The van der Waals surface area contributed by atoms with E-state index in [9.17, 15) is 4.79 Å². The van der Waals surface area contributed by atoms with Crippen molar-refractivity contribution in [1.82, 2.24) is 14.8 Å². The fourth-order valence-electron chi connectivity index (χ4n) is 3.77. The quantitative estimate of drug-likeness (QED) is 0.374. The molecule has 1 aliphatic rings. The van der Waals surface area contributed by atoms with Gasteiger partial charge in [-0.2, -0.15) is 0 Å². The number of nitrogens with one attached hydrogen (secondary N) is 1. The number of nitrogens with zero attached hydrogens (tertiary/aromatic N) is 3. The Morgan fingerprint density at radius 3 is 2.63 bits per heavy atom. The van der Waals surface area contributed by atoms with E-state index >= 15 is 0 Å². The number of ether oxygens (including phenoxy) is 3. The number of amides is 1. The first-order valence-corrected chi connectivity index (χ1v) is 11.9. The lowest BCUT2D eigenvalue weighted by Gasteiger charge is -2.25. The third-order valence-corrected chi connectivity index (χ3v) is 6.85. The number of carbonyl (C=O) groups excluding carboxylic acids is 1. The van der Waals surface area contributed by atoms with Gasteiger partial charge >= 0.3 is 0 Å². The van der Waals surface area contributed by atoms with Crippen LogP contribution in [0.15, 0.2) is 84.0 Å². The predicted octanol–water partition coefficient (Wildman–Crippen LogP) is 4.81. The second kappa shape index (κ2) is 10.1. The molecule has 1 aliphatic heterocycles. The highest BCUT2D eigenvalue weighted by atomic mass is 32.2. The van der Waals surface area contributed by atoms with E-state index in [0.717, 1.165) is 5.56 Å². The molecule has 178 valence electrons. The molecule has 0 bridgehead atoms. The molecule has 9 heteroatoms. The van der Waals surface area contributed by atoms with Crippen LogP contribution in [0.4, 0.5) is 5.69 Å². The molecule has 1 aromatic heterocycles. The zero-order chi connectivity index (χ0) is 24.2. The summed E-state index contributed by atoms with van der Waals surface area (Å²) < 4.78 is 19.1. The van der Waals surface area contributed by atoms with E-state index < -0.39 is 11.4 Å². The topological polar surface area (TPSA) is 87.5 Å². The Labute approximate surface area is 207 Å². The minimum absolute atomic E-state index is 0.176. The van der Waals surface area contributed by atoms with Gasteiger partial charge in [0.15, 0.2) is 28.6 Å². The van der Waals surface area contributed by atoms with Crippen molar-refractivity contribution in [2.45, 2.75) is 16.5 Å². The molecule has 8 nitrogen and oxygen atoms in total. The number of thioether (sulfide) groups is 1. The molecule has 0 radical (unpaired) electrons. The van der Waals surface area contributed by atoms with Gasteiger partial charge in [0.25, 0.3) is 0 Å². The lowest BCUT2D eigenvalue weighted by Crippen LogP contribution is -2.24. The Balaban J connectivity index is 1.38. The molecule has 2 heterocycles. The SMILES string of the molecule is COc1cccc(NC(=O)C(Sc2nnc(C3COc4ccccc4O3)n2C)c2ccccc2)c1. The van der Waals surface area contributed by atoms with E-state index in [0.29, 0.717) is 40.5 Å². The normalized spacial score (nSPS) is 15.3. The first-order chi connectivity index (χ1) is 17.1.